The van der Waals surface area contributed by atoms with E-state index in [9.17, 15) is 13.2 Å². The minimum absolute atomic E-state index is 0.161. The molecular formula is C15H19N3O3S3. The highest BCUT2D eigenvalue weighted by atomic mass is 32.2. The van der Waals surface area contributed by atoms with Crippen molar-refractivity contribution in [2.24, 2.45) is 4.99 Å². The van der Waals surface area contributed by atoms with Crippen LogP contribution in [0.2, 0.25) is 0 Å². The Labute approximate surface area is 150 Å². The van der Waals surface area contributed by atoms with Gasteiger partial charge in [0.2, 0.25) is 15.9 Å². The lowest BCUT2D eigenvalue weighted by atomic mass is 10.3. The highest BCUT2D eigenvalue weighted by Crippen LogP contribution is 2.24. The van der Waals surface area contributed by atoms with Crippen LogP contribution in [0.3, 0.4) is 0 Å². The molecule has 0 radical (unpaired) electrons. The average Bonchev–Trinajstić information content (AvgIpc) is 3.27. The maximum Gasteiger partial charge on any atom is 0.243 e. The van der Waals surface area contributed by atoms with E-state index in [0.717, 1.165) is 29.5 Å². The van der Waals surface area contributed by atoms with Gasteiger partial charge in [-0.3, -0.25) is 9.79 Å². The maximum absolute atomic E-state index is 12.6. The maximum atomic E-state index is 12.6. The van der Waals surface area contributed by atoms with E-state index in [-0.39, 0.29) is 16.6 Å². The minimum Gasteiger partial charge on any atom is -0.325 e. The molecule has 1 aromatic rings. The van der Waals surface area contributed by atoms with Gasteiger partial charge in [-0.25, -0.2) is 8.42 Å². The molecule has 2 aliphatic rings. The number of rotatable bonds is 5. The number of sulfonamides is 1. The molecule has 1 saturated heterocycles. The van der Waals surface area contributed by atoms with Gasteiger partial charge in [0.15, 0.2) is 0 Å². The smallest absolute Gasteiger partial charge is 0.243 e. The first-order valence-electron chi connectivity index (χ1n) is 7.76. The lowest BCUT2D eigenvalue weighted by Crippen LogP contribution is -2.28. The number of anilines is 1. The Morgan fingerprint density at radius 1 is 1.33 bits per heavy atom. The fourth-order valence-electron chi connectivity index (χ4n) is 2.54. The Bertz CT molecular complexity index is 743. The normalized spacial score (nSPS) is 18.6. The van der Waals surface area contributed by atoms with E-state index in [4.69, 9.17) is 0 Å². The first kappa shape index (κ1) is 17.8. The van der Waals surface area contributed by atoms with Crippen molar-refractivity contribution in [1.82, 2.24) is 4.31 Å². The van der Waals surface area contributed by atoms with Crippen molar-refractivity contribution in [3.05, 3.63) is 24.3 Å². The second kappa shape index (κ2) is 7.90. The molecule has 0 atom stereocenters. The third kappa shape index (κ3) is 4.33. The summed E-state index contributed by atoms with van der Waals surface area (Å²) in [5.41, 5.74) is 0.502. The number of nitrogens with zero attached hydrogens (tertiary/aromatic N) is 2. The summed E-state index contributed by atoms with van der Waals surface area (Å²) in [5, 5.41) is 2.76. The summed E-state index contributed by atoms with van der Waals surface area (Å²) in [6.45, 7) is 1.94. The topological polar surface area (TPSA) is 78.8 Å². The second-order valence-electron chi connectivity index (χ2n) is 5.47. The van der Waals surface area contributed by atoms with Gasteiger partial charge in [-0.2, -0.15) is 4.31 Å². The molecular weight excluding hydrogens is 366 g/mol. The van der Waals surface area contributed by atoms with Crippen LogP contribution in [0, 0.1) is 0 Å². The number of aliphatic imine (C=N–C) groups is 1. The van der Waals surface area contributed by atoms with Crippen LogP contribution < -0.4 is 5.32 Å². The zero-order chi connectivity index (χ0) is 17.0. The van der Waals surface area contributed by atoms with Gasteiger partial charge in [-0.1, -0.05) is 29.6 Å². The minimum atomic E-state index is -3.47. The number of amides is 1. The Morgan fingerprint density at radius 2 is 2.12 bits per heavy atom. The summed E-state index contributed by atoms with van der Waals surface area (Å²) in [4.78, 5) is 16.5. The molecule has 0 aromatic heterocycles. The van der Waals surface area contributed by atoms with Crippen molar-refractivity contribution in [3.63, 3.8) is 0 Å². The molecule has 0 unspecified atom stereocenters. The van der Waals surface area contributed by atoms with Crippen molar-refractivity contribution in [1.29, 1.82) is 0 Å². The largest absolute Gasteiger partial charge is 0.325 e. The lowest BCUT2D eigenvalue weighted by molar-refractivity contribution is -0.113. The fourth-order valence-corrected chi connectivity index (χ4v) is 5.91. The van der Waals surface area contributed by atoms with E-state index < -0.39 is 10.0 Å². The standard InChI is InChI=1S/C15H19N3O3S3/c19-14(11-23-15-16-6-9-22-15)17-12-4-3-5-13(10-12)24(20,21)18-7-1-2-8-18/h3-5,10H,1-2,6-9,11H2,(H,17,19). The Balaban J connectivity index is 1.63. The number of benzene rings is 1. The summed E-state index contributed by atoms with van der Waals surface area (Å²) in [5.74, 6) is 1.08. The molecule has 9 heteroatoms. The molecule has 1 amide bonds. The zero-order valence-corrected chi connectivity index (χ0v) is 15.6. The van der Waals surface area contributed by atoms with E-state index in [1.54, 1.807) is 30.0 Å². The third-order valence-electron chi connectivity index (χ3n) is 3.71. The van der Waals surface area contributed by atoms with Crippen molar-refractivity contribution >= 4 is 49.5 Å². The molecule has 1 N–H and O–H groups in total. The average molecular weight is 386 g/mol. The van der Waals surface area contributed by atoms with E-state index in [0.29, 0.717) is 18.8 Å². The molecule has 2 aliphatic heterocycles. The molecule has 0 saturated carbocycles. The quantitative estimate of drug-likeness (QED) is 0.841. The van der Waals surface area contributed by atoms with Gasteiger partial charge in [0.25, 0.3) is 0 Å². The fraction of sp³-hybridized carbons (Fsp3) is 0.467. The van der Waals surface area contributed by atoms with Gasteiger partial charge < -0.3 is 5.32 Å². The highest BCUT2D eigenvalue weighted by molar-refractivity contribution is 8.39. The zero-order valence-electron chi connectivity index (χ0n) is 13.1. The molecule has 3 rings (SSSR count). The van der Waals surface area contributed by atoms with Gasteiger partial charge in [-0.15, -0.1) is 0 Å². The molecule has 6 nitrogen and oxygen atoms in total. The predicted molar refractivity (Wildman–Crippen MR) is 100 cm³/mol. The third-order valence-corrected chi connectivity index (χ3v) is 7.85. The van der Waals surface area contributed by atoms with Crippen molar-refractivity contribution in [2.45, 2.75) is 17.7 Å². The molecule has 24 heavy (non-hydrogen) atoms. The van der Waals surface area contributed by atoms with E-state index in [1.165, 1.54) is 22.1 Å². The number of carbonyl (C=O) groups excluding carboxylic acids is 1. The molecule has 1 aromatic carbocycles. The monoisotopic (exact) mass is 385 g/mol. The first-order valence-corrected chi connectivity index (χ1v) is 11.2. The van der Waals surface area contributed by atoms with Gasteiger partial charge >= 0.3 is 0 Å². The lowest BCUT2D eigenvalue weighted by Gasteiger charge is -2.16. The van der Waals surface area contributed by atoms with Crippen LogP contribution in [-0.4, -0.2) is 54.1 Å². The van der Waals surface area contributed by atoms with Crippen LogP contribution in [-0.2, 0) is 14.8 Å². The summed E-state index contributed by atoms with van der Waals surface area (Å²) in [6, 6.07) is 6.45. The van der Waals surface area contributed by atoms with Crippen molar-refractivity contribution in [3.8, 4) is 0 Å². The molecule has 130 valence electrons. The summed E-state index contributed by atoms with van der Waals surface area (Å²) in [7, 11) is -3.47. The van der Waals surface area contributed by atoms with Gasteiger partial charge in [0.05, 0.1) is 17.2 Å². The van der Waals surface area contributed by atoms with Gasteiger partial charge in [0, 0.05) is 24.5 Å². The van der Waals surface area contributed by atoms with E-state index in [2.05, 4.69) is 10.3 Å². The number of hydrogen-bond donors (Lipinski definition) is 1. The first-order chi connectivity index (χ1) is 11.6. The van der Waals surface area contributed by atoms with Crippen molar-refractivity contribution in [2.75, 3.05) is 36.5 Å². The Morgan fingerprint density at radius 3 is 2.83 bits per heavy atom. The van der Waals surface area contributed by atoms with Crippen LogP contribution in [0.4, 0.5) is 5.69 Å². The van der Waals surface area contributed by atoms with E-state index in [1.807, 2.05) is 0 Å². The summed E-state index contributed by atoms with van der Waals surface area (Å²) in [6.07, 6.45) is 1.80. The summed E-state index contributed by atoms with van der Waals surface area (Å²) >= 11 is 3.07. The SMILES string of the molecule is O=C(CSC1=NCCS1)Nc1cccc(S(=O)(=O)N2CCCC2)c1. The number of carbonyl (C=O) groups is 1. The highest BCUT2D eigenvalue weighted by Gasteiger charge is 2.27. The predicted octanol–water partition coefficient (Wildman–Crippen LogP) is 2.25. The number of thioether (sulfide) groups is 2. The Kier molecular flexibility index (Phi) is 5.85. The molecule has 2 heterocycles. The van der Waals surface area contributed by atoms with Gasteiger partial charge in [-0.05, 0) is 31.0 Å². The molecule has 1 fully saturated rings. The number of nitrogens with one attached hydrogen (secondary N) is 1. The van der Waals surface area contributed by atoms with Crippen LogP contribution >= 0.6 is 23.5 Å². The van der Waals surface area contributed by atoms with Crippen LogP contribution in [0.15, 0.2) is 34.2 Å². The second-order valence-corrected chi connectivity index (χ2v) is 9.72. The van der Waals surface area contributed by atoms with Crippen LogP contribution in [0.25, 0.3) is 0 Å². The van der Waals surface area contributed by atoms with Crippen LogP contribution in [0.1, 0.15) is 12.8 Å². The molecule has 0 aliphatic carbocycles. The molecule has 0 bridgehead atoms. The Hall–Kier alpha value is -1.03. The van der Waals surface area contributed by atoms with E-state index >= 15 is 0 Å². The van der Waals surface area contributed by atoms with Crippen LogP contribution in [0.5, 0.6) is 0 Å². The van der Waals surface area contributed by atoms with Gasteiger partial charge in [0.1, 0.15) is 4.38 Å². The number of hydrogen-bond acceptors (Lipinski definition) is 6. The molecule has 0 spiro atoms. The van der Waals surface area contributed by atoms with Crippen molar-refractivity contribution < 1.29 is 13.2 Å². The summed E-state index contributed by atoms with van der Waals surface area (Å²) < 4.78 is 27.6.